The first-order chi connectivity index (χ1) is 9.22. The molecule has 0 unspecified atom stereocenters. The van der Waals surface area contributed by atoms with Crippen molar-refractivity contribution in [2.45, 2.75) is 25.4 Å². The zero-order valence-corrected chi connectivity index (χ0v) is 10.9. The molecule has 4 heteroatoms. The molecule has 0 saturated carbocycles. The molecule has 0 fully saturated rings. The molecule has 0 aromatic heterocycles. The maximum atomic E-state index is 11.5. The number of hydrogen-bond acceptors (Lipinski definition) is 3. The van der Waals surface area contributed by atoms with Gasteiger partial charge in [-0.15, -0.1) is 6.58 Å². The molecule has 0 bridgehead atoms. The van der Waals surface area contributed by atoms with Gasteiger partial charge in [0.2, 0.25) is 0 Å². The van der Waals surface area contributed by atoms with E-state index in [1.54, 1.807) is 6.08 Å². The standard InChI is InChI=1S/C15H19NO3/c1-2-9-16-15(18)10-19-14-8-4-5-11-12(14)6-3-7-13(11)17/h2,4-5,8,13,17H,1,3,6-7,9-10H2,(H,16,18)/t13-/m1/s1. The van der Waals surface area contributed by atoms with E-state index >= 15 is 0 Å². The zero-order valence-electron chi connectivity index (χ0n) is 10.9. The minimum Gasteiger partial charge on any atom is -0.483 e. The van der Waals surface area contributed by atoms with Crippen LogP contribution in [0.15, 0.2) is 30.9 Å². The van der Waals surface area contributed by atoms with Crippen molar-refractivity contribution in [1.29, 1.82) is 0 Å². The highest BCUT2D eigenvalue weighted by atomic mass is 16.5. The van der Waals surface area contributed by atoms with E-state index < -0.39 is 6.10 Å². The fourth-order valence-corrected chi connectivity index (χ4v) is 2.31. The Morgan fingerprint density at radius 2 is 2.42 bits per heavy atom. The maximum absolute atomic E-state index is 11.5. The van der Waals surface area contributed by atoms with E-state index in [-0.39, 0.29) is 12.5 Å². The molecule has 0 aliphatic heterocycles. The average Bonchev–Trinajstić information content (AvgIpc) is 2.43. The van der Waals surface area contributed by atoms with Crippen molar-refractivity contribution >= 4 is 5.91 Å². The van der Waals surface area contributed by atoms with E-state index in [1.165, 1.54) is 0 Å². The summed E-state index contributed by atoms with van der Waals surface area (Å²) in [5.41, 5.74) is 1.95. The Hall–Kier alpha value is -1.81. The van der Waals surface area contributed by atoms with Gasteiger partial charge in [-0.1, -0.05) is 18.2 Å². The van der Waals surface area contributed by atoms with Crippen molar-refractivity contribution in [1.82, 2.24) is 5.32 Å². The minimum atomic E-state index is -0.415. The van der Waals surface area contributed by atoms with E-state index in [0.29, 0.717) is 12.3 Å². The van der Waals surface area contributed by atoms with Crippen molar-refractivity contribution < 1.29 is 14.6 Å². The van der Waals surface area contributed by atoms with Crippen molar-refractivity contribution in [3.63, 3.8) is 0 Å². The smallest absolute Gasteiger partial charge is 0.258 e. The third kappa shape index (κ3) is 3.35. The summed E-state index contributed by atoms with van der Waals surface area (Å²) in [5.74, 6) is 0.527. The lowest BCUT2D eigenvalue weighted by Crippen LogP contribution is -2.29. The van der Waals surface area contributed by atoms with Gasteiger partial charge in [0.05, 0.1) is 6.10 Å². The first kappa shape index (κ1) is 13.6. The number of aliphatic hydroxyl groups excluding tert-OH is 1. The van der Waals surface area contributed by atoms with Gasteiger partial charge in [-0.3, -0.25) is 4.79 Å². The Morgan fingerprint density at radius 1 is 1.58 bits per heavy atom. The molecule has 0 spiro atoms. The van der Waals surface area contributed by atoms with Crippen molar-refractivity contribution in [3.8, 4) is 5.75 Å². The summed E-state index contributed by atoms with van der Waals surface area (Å²) in [6.45, 7) is 3.96. The second kappa shape index (κ2) is 6.38. The highest BCUT2D eigenvalue weighted by Gasteiger charge is 2.21. The van der Waals surface area contributed by atoms with Crippen molar-refractivity contribution in [2.24, 2.45) is 0 Å². The third-order valence-corrected chi connectivity index (χ3v) is 3.23. The van der Waals surface area contributed by atoms with Crippen LogP contribution in [0.1, 0.15) is 30.1 Å². The van der Waals surface area contributed by atoms with E-state index in [1.807, 2.05) is 18.2 Å². The van der Waals surface area contributed by atoms with Crippen molar-refractivity contribution in [2.75, 3.05) is 13.2 Å². The van der Waals surface area contributed by atoms with Crippen LogP contribution >= 0.6 is 0 Å². The van der Waals surface area contributed by atoms with E-state index in [2.05, 4.69) is 11.9 Å². The number of carbonyl (C=O) groups excluding carboxylic acids is 1. The summed E-state index contributed by atoms with van der Waals surface area (Å²) in [6.07, 6.45) is 3.82. The number of aliphatic hydroxyl groups is 1. The highest BCUT2D eigenvalue weighted by Crippen LogP contribution is 2.35. The minimum absolute atomic E-state index is 0.0135. The van der Waals surface area contributed by atoms with Crippen LogP contribution in [0.5, 0.6) is 5.75 Å². The maximum Gasteiger partial charge on any atom is 0.258 e. The van der Waals surface area contributed by atoms with Gasteiger partial charge >= 0.3 is 0 Å². The van der Waals surface area contributed by atoms with Crippen molar-refractivity contribution in [3.05, 3.63) is 42.0 Å². The van der Waals surface area contributed by atoms with Crippen LogP contribution in [0.2, 0.25) is 0 Å². The van der Waals surface area contributed by atoms with Crippen LogP contribution in [0, 0.1) is 0 Å². The SMILES string of the molecule is C=CCNC(=O)COc1cccc2c1CCC[C@H]2O. The van der Waals surface area contributed by atoms with Gasteiger partial charge < -0.3 is 15.2 Å². The molecule has 2 N–H and O–H groups in total. The number of amides is 1. The van der Waals surface area contributed by atoms with Crippen LogP contribution < -0.4 is 10.1 Å². The number of ether oxygens (including phenoxy) is 1. The van der Waals surface area contributed by atoms with Gasteiger partial charge in [0.1, 0.15) is 5.75 Å². The molecule has 1 atom stereocenters. The Labute approximate surface area is 113 Å². The fraction of sp³-hybridized carbons (Fsp3) is 0.400. The first-order valence-corrected chi connectivity index (χ1v) is 6.52. The Bertz CT molecular complexity index is 470. The highest BCUT2D eigenvalue weighted by molar-refractivity contribution is 5.77. The number of benzene rings is 1. The number of carbonyl (C=O) groups is 1. The van der Waals surface area contributed by atoms with E-state index in [9.17, 15) is 9.90 Å². The number of hydrogen-bond donors (Lipinski definition) is 2. The lowest BCUT2D eigenvalue weighted by atomic mass is 9.89. The largest absolute Gasteiger partial charge is 0.483 e. The lowest BCUT2D eigenvalue weighted by molar-refractivity contribution is -0.122. The first-order valence-electron chi connectivity index (χ1n) is 6.52. The fourth-order valence-electron chi connectivity index (χ4n) is 2.31. The van der Waals surface area contributed by atoms with Gasteiger partial charge in [0.25, 0.3) is 5.91 Å². The zero-order chi connectivity index (χ0) is 13.7. The van der Waals surface area contributed by atoms with Crippen LogP contribution in [0.25, 0.3) is 0 Å². The topological polar surface area (TPSA) is 58.6 Å². The van der Waals surface area contributed by atoms with Crippen LogP contribution in [-0.2, 0) is 11.2 Å². The number of rotatable bonds is 5. The molecule has 4 nitrogen and oxygen atoms in total. The quantitative estimate of drug-likeness (QED) is 0.794. The van der Waals surface area contributed by atoms with Crippen LogP contribution in [0.3, 0.4) is 0 Å². The molecular formula is C15H19NO3. The molecule has 19 heavy (non-hydrogen) atoms. The summed E-state index contributed by atoms with van der Waals surface area (Å²) in [5, 5.41) is 12.6. The van der Waals surface area contributed by atoms with Gasteiger partial charge in [-0.2, -0.15) is 0 Å². The molecule has 0 radical (unpaired) electrons. The molecule has 0 saturated heterocycles. The predicted molar refractivity (Wildman–Crippen MR) is 73.0 cm³/mol. The summed E-state index contributed by atoms with van der Waals surface area (Å²) in [7, 11) is 0. The number of nitrogens with one attached hydrogen (secondary N) is 1. The Morgan fingerprint density at radius 3 is 3.21 bits per heavy atom. The Kier molecular flexibility index (Phi) is 4.58. The monoisotopic (exact) mass is 261 g/mol. The van der Waals surface area contributed by atoms with E-state index in [0.717, 1.165) is 30.4 Å². The Balaban J connectivity index is 2.03. The van der Waals surface area contributed by atoms with Gasteiger partial charge in [0, 0.05) is 6.54 Å². The van der Waals surface area contributed by atoms with Gasteiger partial charge in [-0.05, 0) is 36.5 Å². The molecular weight excluding hydrogens is 242 g/mol. The summed E-state index contributed by atoms with van der Waals surface area (Å²) in [4.78, 5) is 11.5. The third-order valence-electron chi connectivity index (χ3n) is 3.23. The van der Waals surface area contributed by atoms with Crippen LogP contribution in [0.4, 0.5) is 0 Å². The van der Waals surface area contributed by atoms with Crippen LogP contribution in [-0.4, -0.2) is 24.2 Å². The normalized spacial score (nSPS) is 17.4. The molecule has 0 heterocycles. The number of fused-ring (bicyclic) bond motifs is 1. The second-order valence-corrected chi connectivity index (χ2v) is 4.61. The molecule has 2 rings (SSSR count). The summed E-state index contributed by atoms with van der Waals surface area (Å²) in [6, 6.07) is 5.62. The van der Waals surface area contributed by atoms with Gasteiger partial charge in [0.15, 0.2) is 6.61 Å². The lowest BCUT2D eigenvalue weighted by Gasteiger charge is -2.23. The average molecular weight is 261 g/mol. The predicted octanol–water partition coefficient (Wildman–Crippen LogP) is 1.74. The molecule has 1 aromatic rings. The summed E-state index contributed by atoms with van der Waals surface area (Å²) >= 11 is 0. The summed E-state index contributed by atoms with van der Waals surface area (Å²) < 4.78 is 5.55. The molecule has 1 aliphatic carbocycles. The second-order valence-electron chi connectivity index (χ2n) is 4.61. The van der Waals surface area contributed by atoms with E-state index in [4.69, 9.17) is 4.74 Å². The molecule has 102 valence electrons. The molecule has 1 aliphatic rings. The van der Waals surface area contributed by atoms with Gasteiger partial charge in [-0.25, -0.2) is 0 Å². The molecule has 1 aromatic carbocycles. The molecule has 1 amide bonds.